The minimum atomic E-state index is -0.145. The molecule has 1 heterocycles. The van der Waals surface area contributed by atoms with Gasteiger partial charge in [0.2, 0.25) is 6.79 Å². The minimum absolute atomic E-state index is 0.145. The van der Waals surface area contributed by atoms with Crippen molar-refractivity contribution in [3.63, 3.8) is 0 Å². The number of fused-ring (bicyclic) bond motifs is 1. The van der Waals surface area contributed by atoms with Gasteiger partial charge in [-0.15, -0.1) is 0 Å². The van der Waals surface area contributed by atoms with E-state index >= 15 is 0 Å². The molecule has 0 aliphatic carbocycles. The zero-order chi connectivity index (χ0) is 13.9. The minimum Gasteiger partial charge on any atom is -0.508 e. The molecule has 1 aliphatic rings. The smallest absolute Gasteiger partial charge is 0.231 e. The van der Waals surface area contributed by atoms with Crippen molar-refractivity contribution in [2.45, 2.75) is 19.4 Å². The van der Waals surface area contributed by atoms with E-state index in [0.717, 1.165) is 29.9 Å². The zero-order valence-corrected chi connectivity index (χ0v) is 11.0. The molecule has 3 rings (SSSR count). The monoisotopic (exact) mass is 272 g/mol. The Balaban J connectivity index is 1.69. The van der Waals surface area contributed by atoms with Crippen LogP contribution in [0.25, 0.3) is 0 Å². The average Bonchev–Trinajstić information content (AvgIpc) is 2.92. The van der Waals surface area contributed by atoms with Crippen LogP contribution in [0.5, 0.6) is 17.2 Å². The molecule has 0 fully saturated rings. The van der Waals surface area contributed by atoms with Crippen LogP contribution in [-0.4, -0.2) is 17.0 Å². The van der Waals surface area contributed by atoms with E-state index in [-0.39, 0.29) is 19.1 Å². The van der Waals surface area contributed by atoms with Crippen LogP contribution in [-0.2, 0) is 19.4 Å². The second-order valence-corrected chi connectivity index (χ2v) is 4.81. The number of aryl methyl sites for hydroxylation is 2. The molecule has 104 valence electrons. The summed E-state index contributed by atoms with van der Waals surface area (Å²) < 4.78 is 10.6. The Hall–Kier alpha value is -2.20. The van der Waals surface area contributed by atoms with E-state index in [0.29, 0.717) is 5.56 Å². The summed E-state index contributed by atoms with van der Waals surface area (Å²) in [5, 5.41) is 18.7. The van der Waals surface area contributed by atoms with Gasteiger partial charge in [-0.1, -0.05) is 18.2 Å². The second-order valence-electron chi connectivity index (χ2n) is 4.81. The molecule has 0 amide bonds. The van der Waals surface area contributed by atoms with Crippen LogP contribution in [0, 0.1) is 0 Å². The van der Waals surface area contributed by atoms with E-state index in [1.807, 2.05) is 24.3 Å². The van der Waals surface area contributed by atoms with Gasteiger partial charge in [-0.2, -0.15) is 0 Å². The van der Waals surface area contributed by atoms with Crippen LogP contribution in [0.1, 0.15) is 16.7 Å². The van der Waals surface area contributed by atoms with Crippen molar-refractivity contribution in [1.82, 2.24) is 0 Å². The van der Waals surface area contributed by atoms with Gasteiger partial charge in [0.1, 0.15) is 5.75 Å². The van der Waals surface area contributed by atoms with Gasteiger partial charge in [0.25, 0.3) is 0 Å². The van der Waals surface area contributed by atoms with Gasteiger partial charge in [-0.3, -0.25) is 0 Å². The molecule has 2 aromatic carbocycles. The van der Waals surface area contributed by atoms with Crippen molar-refractivity contribution in [3.8, 4) is 17.2 Å². The van der Waals surface area contributed by atoms with Crippen LogP contribution in [0.2, 0.25) is 0 Å². The third-order valence-corrected chi connectivity index (χ3v) is 3.46. The van der Waals surface area contributed by atoms with E-state index < -0.39 is 0 Å². The molecule has 0 saturated heterocycles. The summed E-state index contributed by atoms with van der Waals surface area (Å²) in [5.74, 6) is 1.73. The lowest BCUT2D eigenvalue weighted by atomic mass is 10.0. The van der Waals surface area contributed by atoms with Crippen molar-refractivity contribution >= 4 is 0 Å². The van der Waals surface area contributed by atoms with Crippen molar-refractivity contribution in [1.29, 1.82) is 0 Å². The maximum absolute atomic E-state index is 9.72. The molecule has 0 atom stereocenters. The molecule has 20 heavy (non-hydrogen) atoms. The van der Waals surface area contributed by atoms with Crippen LogP contribution in [0.15, 0.2) is 36.4 Å². The first-order valence-electron chi connectivity index (χ1n) is 6.56. The van der Waals surface area contributed by atoms with Crippen molar-refractivity contribution in [2.24, 2.45) is 0 Å². The van der Waals surface area contributed by atoms with Gasteiger partial charge in [0.15, 0.2) is 11.5 Å². The van der Waals surface area contributed by atoms with Gasteiger partial charge >= 0.3 is 0 Å². The van der Waals surface area contributed by atoms with Gasteiger partial charge in [-0.25, -0.2) is 0 Å². The lowest BCUT2D eigenvalue weighted by Gasteiger charge is -2.06. The maximum atomic E-state index is 9.72. The van der Waals surface area contributed by atoms with Crippen LogP contribution in [0.3, 0.4) is 0 Å². The molecule has 1 aliphatic heterocycles. The highest BCUT2D eigenvalue weighted by Gasteiger charge is 2.13. The Kier molecular flexibility index (Phi) is 3.48. The first-order chi connectivity index (χ1) is 9.76. The average molecular weight is 272 g/mol. The Morgan fingerprint density at radius 3 is 2.35 bits per heavy atom. The van der Waals surface area contributed by atoms with E-state index in [1.165, 1.54) is 5.56 Å². The molecule has 2 aromatic rings. The third kappa shape index (κ3) is 2.56. The van der Waals surface area contributed by atoms with Crippen LogP contribution in [0.4, 0.5) is 0 Å². The first-order valence-corrected chi connectivity index (χ1v) is 6.56. The lowest BCUT2D eigenvalue weighted by Crippen LogP contribution is -1.94. The highest BCUT2D eigenvalue weighted by atomic mass is 16.7. The summed E-state index contributed by atoms with van der Waals surface area (Å²) in [6, 6.07) is 11.3. The predicted molar refractivity (Wildman–Crippen MR) is 74.0 cm³/mol. The molecular formula is C16H16O4. The molecule has 0 saturated carbocycles. The number of hydrogen-bond acceptors (Lipinski definition) is 4. The summed E-state index contributed by atoms with van der Waals surface area (Å²) in [6.07, 6.45) is 1.67. The van der Waals surface area contributed by atoms with E-state index in [9.17, 15) is 5.11 Å². The topological polar surface area (TPSA) is 58.9 Å². The van der Waals surface area contributed by atoms with Crippen molar-refractivity contribution in [2.75, 3.05) is 6.79 Å². The first kappa shape index (κ1) is 12.8. The van der Waals surface area contributed by atoms with Crippen molar-refractivity contribution in [3.05, 3.63) is 53.1 Å². The normalized spacial score (nSPS) is 12.7. The Labute approximate surface area is 117 Å². The highest BCUT2D eigenvalue weighted by molar-refractivity contribution is 5.45. The van der Waals surface area contributed by atoms with Gasteiger partial charge in [-0.05, 0) is 42.2 Å². The fraction of sp³-hybridized carbons (Fsp3) is 0.250. The number of benzene rings is 2. The number of rotatable bonds is 4. The standard InChI is InChI=1S/C16H16O4/c17-9-13-5-3-11(7-14(13)18)1-2-12-4-6-15-16(8-12)20-10-19-15/h3-8,17-18H,1-2,9-10H2. The Morgan fingerprint density at radius 1 is 0.900 bits per heavy atom. The molecule has 0 bridgehead atoms. The van der Waals surface area contributed by atoms with E-state index in [1.54, 1.807) is 12.1 Å². The number of ether oxygens (including phenoxy) is 2. The molecule has 0 spiro atoms. The number of aliphatic hydroxyl groups excluding tert-OH is 1. The molecule has 0 unspecified atom stereocenters. The summed E-state index contributed by atoms with van der Waals surface area (Å²) in [4.78, 5) is 0. The quantitative estimate of drug-likeness (QED) is 0.897. The number of aromatic hydroxyl groups is 1. The van der Waals surface area contributed by atoms with E-state index in [2.05, 4.69) is 0 Å². The molecule has 0 radical (unpaired) electrons. The fourth-order valence-electron chi connectivity index (χ4n) is 2.28. The van der Waals surface area contributed by atoms with Crippen LogP contribution >= 0.6 is 0 Å². The molecule has 4 nitrogen and oxygen atoms in total. The van der Waals surface area contributed by atoms with Crippen molar-refractivity contribution < 1.29 is 19.7 Å². The molecule has 2 N–H and O–H groups in total. The highest BCUT2D eigenvalue weighted by Crippen LogP contribution is 2.32. The van der Waals surface area contributed by atoms with Gasteiger partial charge in [0.05, 0.1) is 6.61 Å². The Bertz CT molecular complexity index is 622. The van der Waals surface area contributed by atoms with Gasteiger partial charge < -0.3 is 19.7 Å². The van der Waals surface area contributed by atoms with Crippen LogP contribution < -0.4 is 9.47 Å². The third-order valence-electron chi connectivity index (χ3n) is 3.46. The number of hydrogen-bond donors (Lipinski definition) is 2. The lowest BCUT2D eigenvalue weighted by molar-refractivity contribution is 0.174. The fourth-order valence-corrected chi connectivity index (χ4v) is 2.28. The maximum Gasteiger partial charge on any atom is 0.231 e. The number of phenols is 1. The zero-order valence-electron chi connectivity index (χ0n) is 11.0. The summed E-state index contributed by atoms with van der Waals surface area (Å²) in [5.41, 5.74) is 2.76. The second kappa shape index (κ2) is 5.43. The summed E-state index contributed by atoms with van der Waals surface area (Å²) in [6.45, 7) is 0.142. The summed E-state index contributed by atoms with van der Waals surface area (Å²) >= 11 is 0. The number of aliphatic hydroxyl groups is 1. The SMILES string of the molecule is OCc1ccc(CCc2ccc3c(c2)OCO3)cc1O. The molecular weight excluding hydrogens is 256 g/mol. The predicted octanol–water partition coefficient (Wildman–Crippen LogP) is 2.40. The molecule has 4 heteroatoms. The largest absolute Gasteiger partial charge is 0.508 e. The Morgan fingerprint density at radius 2 is 1.60 bits per heavy atom. The van der Waals surface area contributed by atoms with E-state index in [4.69, 9.17) is 14.6 Å². The van der Waals surface area contributed by atoms with Gasteiger partial charge in [0, 0.05) is 5.56 Å². The molecule has 0 aromatic heterocycles. The summed E-state index contributed by atoms with van der Waals surface area (Å²) in [7, 11) is 0.